The van der Waals surface area contributed by atoms with E-state index in [0.717, 1.165) is 63.9 Å². The molecular weight excluding hydrogens is 519 g/mol. The van der Waals surface area contributed by atoms with E-state index in [4.69, 9.17) is 0 Å². The quantitative estimate of drug-likeness (QED) is 0.358. The fourth-order valence-corrected chi connectivity index (χ4v) is 4.86. The lowest BCUT2D eigenvalue weighted by Gasteiger charge is -2.37. The molecule has 0 radical (unpaired) electrons. The molecule has 164 valence electrons. The molecule has 1 atom stereocenters. The van der Waals surface area contributed by atoms with Crippen molar-refractivity contribution in [2.24, 2.45) is 10.9 Å². The summed E-state index contributed by atoms with van der Waals surface area (Å²) in [6.07, 6.45) is 1.02. The van der Waals surface area contributed by atoms with Crippen LogP contribution in [0.2, 0.25) is 0 Å². The summed E-state index contributed by atoms with van der Waals surface area (Å²) in [6.45, 7) is 6.41. The topological polar surface area (TPSA) is 34.1 Å². The standard InChI is InChI=1S/C21H27F2N5S.HI/c1-24-21(27-10-8-26(9-11-27)20-3-2-12-29-20)25-14-16-6-7-28(15-16)17-4-5-18(22)19(23)13-17;/h2-5,12-13,16H,6-11,14-15H2,1H3,(H,24,25);1H. The van der Waals surface area contributed by atoms with Crippen molar-refractivity contribution in [1.82, 2.24) is 10.2 Å². The van der Waals surface area contributed by atoms with Crippen LogP contribution in [-0.4, -0.2) is 63.7 Å². The van der Waals surface area contributed by atoms with Gasteiger partial charge in [0.05, 0.1) is 5.00 Å². The van der Waals surface area contributed by atoms with E-state index in [2.05, 4.69) is 42.5 Å². The van der Waals surface area contributed by atoms with Gasteiger partial charge in [-0.1, -0.05) is 0 Å². The Balaban J connectivity index is 0.00000256. The van der Waals surface area contributed by atoms with Gasteiger partial charge in [-0.15, -0.1) is 35.3 Å². The van der Waals surface area contributed by atoms with Crippen LogP contribution in [0.15, 0.2) is 40.7 Å². The van der Waals surface area contributed by atoms with E-state index in [1.807, 2.05) is 7.05 Å². The highest BCUT2D eigenvalue weighted by molar-refractivity contribution is 14.0. The van der Waals surface area contributed by atoms with E-state index in [1.165, 1.54) is 17.1 Å². The number of hydrogen-bond acceptors (Lipinski definition) is 4. The monoisotopic (exact) mass is 547 g/mol. The molecule has 4 rings (SSSR count). The fourth-order valence-electron chi connectivity index (χ4n) is 4.07. The third-order valence-electron chi connectivity index (χ3n) is 5.71. The first-order valence-electron chi connectivity index (χ1n) is 10.1. The molecule has 0 saturated carbocycles. The van der Waals surface area contributed by atoms with Gasteiger partial charge < -0.3 is 20.0 Å². The molecule has 30 heavy (non-hydrogen) atoms. The summed E-state index contributed by atoms with van der Waals surface area (Å²) in [5.41, 5.74) is 0.750. The van der Waals surface area contributed by atoms with Crippen LogP contribution in [0.4, 0.5) is 19.5 Å². The second-order valence-electron chi connectivity index (χ2n) is 7.55. The van der Waals surface area contributed by atoms with E-state index < -0.39 is 11.6 Å². The van der Waals surface area contributed by atoms with Crippen molar-refractivity contribution >= 4 is 52.0 Å². The highest BCUT2D eigenvalue weighted by Gasteiger charge is 2.25. The van der Waals surface area contributed by atoms with Gasteiger partial charge in [0, 0.05) is 64.6 Å². The molecule has 2 aliphatic rings. The minimum atomic E-state index is -0.797. The minimum Gasteiger partial charge on any atom is -0.371 e. The smallest absolute Gasteiger partial charge is 0.193 e. The molecule has 0 aliphatic carbocycles. The van der Waals surface area contributed by atoms with Crippen molar-refractivity contribution in [3.05, 3.63) is 47.3 Å². The summed E-state index contributed by atoms with van der Waals surface area (Å²) in [5.74, 6) is -0.185. The minimum absolute atomic E-state index is 0. The number of anilines is 2. The van der Waals surface area contributed by atoms with Crippen LogP contribution in [0, 0.1) is 17.6 Å². The summed E-state index contributed by atoms with van der Waals surface area (Å²) in [5, 5.41) is 6.97. The maximum atomic E-state index is 13.5. The zero-order chi connectivity index (χ0) is 20.2. The average molecular weight is 547 g/mol. The molecular formula is C21H28F2IN5S. The SMILES string of the molecule is CN=C(NCC1CCN(c2ccc(F)c(F)c2)C1)N1CCN(c2cccs2)CC1.I. The Morgan fingerprint density at radius 2 is 1.90 bits per heavy atom. The molecule has 0 spiro atoms. The van der Waals surface area contributed by atoms with Gasteiger partial charge in [0.25, 0.3) is 0 Å². The number of guanidine groups is 1. The molecule has 0 bridgehead atoms. The van der Waals surface area contributed by atoms with Gasteiger partial charge in [0.15, 0.2) is 17.6 Å². The van der Waals surface area contributed by atoms with Crippen molar-refractivity contribution in [1.29, 1.82) is 0 Å². The van der Waals surface area contributed by atoms with Crippen molar-refractivity contribution in [2.75, 3.05) is 62.7 Å². The Morgan fingerprint density at radius 1 is 1.10 bits per heavy atom. The Morgan fingerprint density at radius 3 is 2.57 bits per heavy atom. The molecule has 3 heterocycles. The van der Waals surface area contributed by atoms with Crippen molar-refractivity contribution in [2.45, 2.75) is 6.42 Å². The molecule has 9 heteroatoms. The Hall–Kier alpha value is -1.62. The van der Waals surface area contributed by atoms with Gasteiger partial charge in [-0.2, -0.15) is 0 Å². The number of nitrogens with one attached hydrogen (secondary N) is 1. The molecule has 2 saturated heterocycles. The molecule has 2 aliphatic heterocycles. The maximum Gasteiger partial charge on any atom is 0.193 e. The van der Waals surface area contributed by atoms with Gasteiger partial charge in [0.1, 0.15) is 0 Å². The number of aliphatic imine (C=N–C) groups is 1. The number of nitrogens with zero attached hydrogens (tertiary/aromatic N) is 4. The van der Waals surface area contributed by atoms with Gasteiger partial charge in [-0.05, 0) is 42.0 Å². The van der Waals surface area contributed by atoms with Crippen LogP contribution < -0.4 is 15.1 Å². The lowest BCUT2D eigenvalue weighted by molar-refractivity contribution is 0.370. The van der Waals surface area contributed by atoms with E-state index in [-0.39, 0.29) is 24.0 Å². The first-order valence-corrected chi connectivity index (χ1v) is 11.0. The van der Waals surface area contributed by atoms with Gasteiger partial charge in [-0.25, -0.2) is 8.78 Å². The van der Waals surface area contributed by atoms with E-state index in [0.29, 0.717) is 5.92 Å². The highest BCUT2D eigenvalue weighted by Crippen LogP contribution is 2.25. The third-order valence-corrected chi connectivity index (χ3v) is 6.64. The van der Waals surface area contributed by atoms with Crippen LogP contribution >= 0.6 is 35.3 Å². The van der Waals surface area contributed by atoms with Crippen molar-refractivity contribution in [3.8, 4) is 0 Å². The van der Waals surface area contributed by atoms with Crippen LogP contribution in [0.1, 0.15) is 6.42 Å². The number of hydrogen-bond donors (Lipinski definition) is 1. The predicted octanol–water partition coefficient (Wildman–Crippen LogP) is 3.87. The largest absolute Gasteiger partial charge is 0.371 e. The first-order chi connectivity index (χ1) is 14.1. The summed E-state index contributed by atoms with van der Waals surface area (Å²) in [4.78, 5) is 11.3. The van der Waals surface area contributed by atoms with E-state index >= 15 is 0 Å². The van der Waals surface area contributed by atoms with Crippen LogP contribution in [0.5, 0.6) is 0 Å². The van der Waals surface area contributed by atoms with Crippen molar-refractivity contribution in [3.63, 3.8) is 0 Å². The number of benzene rings is 1. The Bertz CT molecular complexity index is 840. The number of piperazine rings is 1. The molecule has 2 fully saturated rings. The zero-order valence-electron chi connectivity index (χ0n) is 17.1. The van der Waals surface area contributed by atoms with Crippen molar-refractivity contribution < 1.29 is 8.78 Å². The Labute approximate surface area is 197 Å². The molecule has 5 nitrogen and oxygen atoms in total. The lowest BCUT2D eigenvalue weighted by Crippen LogP contribution is -2.53. The van der Waals surface area contributed by atoms with Gasteiger partial charge >= 0.3 is 0 Å². The summed E-state index contributed by atoms with van der Waals surface area (Å²) in [7, 11) is 1.83. The number of thiophene rings is 1. The molecule has 1 unspecified atom stereocenters. The fraction of sp³-hybridized carbons (Fsp3) is 0.476. The third kappa shape index (κ3) is 5.35. The molecule has 0 amide bonds. The number of halogens is 3. The van der Waals surface area contributed by atoms with Gasteiger partial charge in [0.2, 0.25) is 0 Å². The normalized spacial score (nSPS) is 19.8. The second-order valence-corrected chi connectivity index (χ2v) is 8.48. The molecule has 2 aromatic rings. The highest BCUT2D eigenvalue weighted by atomic mass is 127. The zero-order valence-corrected chi connectivity index (χ0v) is 20.2. The summed E-state index contributed by atoms with van der Waals surface area (Å²) in [6, 6.07) is 8.41. The average Bonchev–Trinajstić information content (AvgIpc) is 3.43. The number of rotatable bonds is 4. The summed E-state index contributed by atoms with van der Waals surface area (Å²) >= 11 is 1.78. The second kappa shape index (κ2) is 10.6. The van der Waals surface area contributed by atoms with Crippen LogP contribution in [0.3, 0.4) is 0 Å². The summed E-state index contributed by atoms with van der Waals surface area (Å²) < 4.78 is 26.7. The molecule has 1 aromatic carbocycles. The molecule has 1 N–H and O–H groups in total. The van der Waals surface area contributed by atoms with Gasteiger partial charge in [-0.3, -0.25) is 4.99 Å². The van der Waals surface area contributed by atoms with Crippen LogP contribution in [-0.2, 0) is 0 Å². The first kappa shape index (κ1) is 23.1. The molecule has 1 aromatic heterocycles. The maximum absolute atomic E-state index is 13.5. The van der Waals surface area contributed by atoms with E-state index in [9.17, 15) is 8.78 Å². The Kier molecular flexibility index (Phi) is 8.15. The van der Waals surface area contributed by atoms with E-state index in [1.54, 1.807) is 17.4 Å². The predicted molar refractivity (Wildman–Crippen MR) is 132 cm³/mol. The lowest BCUT2D eigenvalue weighted by atomic mass is 10.1. The van der Waals surface area contributed by atoms with Crippen LogP contribution in [0.25, 0.3) is 0 Å².